The highest BCUT2D eigenvalue weighted by atomic mass is 14.7. The number of benzene rings is 1. The molecule has 0 amide bonds. The van der Waals surface area contributed by atoms with Crippen molar-refractivity contribution < 1.29 is 0 Å². The summed E-state index contributed by atoms with van der Waals surface area (Å²) in [6, 6.07) is 6.31. The van der Waals surface area contributed by atoms with E-state index in [4.69, 9.17) is 0 Å². The van der Waals surface area contributed by atoms with Crippen LogP contribution in [-0.4, -0.2) is 12.8 Å². The summed E-state index contributed by atoms with van der Waals surface area (Å²) in [6.07, 6.45) is 1.87. The minimum Gasteiger partial charge on any atom is -0.293 e. The van der Waals surface area contributed by atoms with E-state index in [2.05, 4.69) is 36.7 Å². The van der Waals surface area contributed by atoms with Crippen molar-refractivity contribution in [3.8, 4) is 0 Å². The van der Waals surface area contributed by atoms with Crippen molar-refractivity contribution in [1.29, 1.82) is 0 Å². The Kier molecular flexibility index (Phi) is 3.02. The van der Waals surface area contributed by atoms with Crippen molar-refractivity contribution in [1.82, 2.24) is 0 Å². The Bertz CT molecular complexity index is 348. The molecule has 0 spiro atoms. The molecule has 0 N–H and O–H groups in total. The first-order valence-electron chi connectivity index (χ1n) is 4.36. The smallest absolute Gasteiger partial charge is 0.0392 e. The molecule has 0 atom stereocenters. The van der Waals surface area contributed by atoms with Gasteiger partial charge in [0, 0.05) is 18.3 Å². The van der Waals surface area contributed by atoms with E-state index < -0.39 is 0 Å². The van der Waals surface area contributed by atoms with Gasteiger partial charge in [0.2, 0.25) is 0 Å². The van der Waals surface area contributed by atoms with E-state index in [-0.39, 0.29) is 0 Å². The first kappa shape index (κ1) is 9.72. The van der Waals surface area contributed by atoms with Gasteiger partial charge < -0.3 is 0 Å². The second-order valence-corrected chi connectivity index (χ2v) is 3.10. The second kappa shape index (κ2) is 4.04. The van der Waals surface area contributed by atoms with Crippen LogP contribution < -0.4 is 0 Å². The third kappa shape index (κ3) is 2.05. The number of aliphatic imine (C=N–C) groups is 1. The summed E-state index contributed by atoms with van der Waals surface area (Å²) in [7, 11) is 1.81. The van der Waals surface area contributed by atoms with Gasteiger partial charge in [-0.1, -0.05) is 36.4 Å². The summed E-state index contributed by atoms with van der Waals surface area (Å²) in [5, 5.41) is 0. The van der Waals surface area contributed by atoms with Crippen LogP contribution in [0.5, 0.6) is 0 Å². The summed E-state index contributed by atoms with van der Waals surface area (Å²) in [6.45, 7) is 7.88. The molecule has 0 saturated carbocycles. The highest BCUT2D eigenvalue weighted by Gasteiger charge is 2.01. The molecule has 0 unspecified atom stereocenters. The number of hydrogen-bond donors (Lipinski definition) is 0. The summed E-state index contributed by atoms with van der Waals surface area (Å²) in [5.41, 5.74) is 4.63. The van der Waals surface area contributed by atoms with Gasteiger partial charge in [-0.2, -0.15) is 0 Å². The number of aryl methyl sites for hydroxylation is 1. The van der Waals surface area contributed by atoms with Gasteiger partial charge in [-0.25, -0.2) is 0 Å². The van der Waals surface area contributed by atoms with Gasteiger partial charge in [0.1, 0.15) is 0 Å². The van der Waals surface area contributed by atoms with Gasteiger partial charge >= 0.3 is 0 Å². The third-order valence-electron chi connectivity index (χ3n) is 2.15. The first-order chi connectivity index (χ1) is 6.19. The van der Waals surface area contributed by atoms with Crippen molar-refractivity contribution in [3.63, 3.8) is 0 Å². The maximum Gasteiger partial charge on any atom is 0.0392 e. The molecule has 1 aromatic carbocycles. The molecule has 0 aliphatic rings. The van der Waals surface area contributed by atoms with Crippen molar-refractivity contribution in [3.05, 3.63) is 41.5 Å². The molecule has 1 aromatic rings. The summed E-state index contributed by atoms with van der Waals surface area (Å²) in [4.78, 5) is 4.17. The minimum absolute atomic E-state index is 1.05. The lowest BCUT2D eigenvalue weighted by Gasteiger charge is -2.05. The highest BCUT2D eigenvalue weighted by molar-refractivity contribution is 6.01. The molecular weight excluding hydrogens is 158 g/mol. The fourth-order valence-corrected chi connectivity index (χ4v) is 1.30. The van der Waals surface area contributed by atoms with Crippen molar-refractivity contribution in [2.24, 2.45) is 4.99 Å². The molecule has 1 heteroatoms. The molecule has 0 radical (unpaired) electrons. The summed E-state index contributed by atoms with van der Waals surface area (Å²) in [5.74, 6) is 0. The normalized spacial score (nSPS) is 11.5. The zero-order valence-corrected chi connectivity index (χ0v) is 8.46. The predicted octanol–water partition coefficient (Wildman–Crippen LogP) is 3.08. The maximum absolute atomic E-state index is 4.17. The molecule has 0 aliphatic carbocycles. The van der Waals surface area contributed by atoms with Crippen LogP contribution in [0.4, 0.5) is 0 Å². The van der Waals surface area contributed by atoms with E-state index in [1.807, 2.05) is 20.0 Å². The molecule has 68 valence electrons. The van der Waals surface area contributed by atoms with E-state index in [1.54, 1.807) is 0 Å². The third-order valence-corrected chi connectivity index (χ3v) is 2.15. The van der Waals surface area contributed by atoms with Gasteiger partial charge in [0.25, 0.3) is 0 Å². The SMILES string of the molecule is C=Cc1cc(C)ccc1C(C)=NC. The average molecular weight is 173 g/mol. The Morgan fingerprint density at radius 1 is 1.46 bits per heavy atom. The van der Waals surface area contributed by atoms with E-state index in [1.165, 1.54) is 11.1 Å². The molecule has 0 aliphatic heterocycles. The first-order valence-corrected chi connectivity index (χ1v) is 4.36. The van der Waals surface area contributed by atoms with Crippen LogP contribution in [0.15, 0.2) is 29.8 Å². The Morgan fingerprint density at radius 2 is 2.15 bits per heavy atom. The highest BCUT2D eigenvalue weighted by Crippen LogP contribution is 2.13. The van der Waals surface area contributed by atoms with Crippen LogP contribution in [-0.2, 0) is 0 Å². The van der Waals surface area contributed by atoms with Crippen molar-refractivity contribution in [2.45, 2.75) is 13.8 Å². The zero-order valence-electron chi connectivity index (χ0n) is 8.46. The molecule has 0 heterocycles. The molecule has 0 bridgehead atoms. The number of hydrogen-bond acceptors (Lipinski definition) is 1. The lowest BCUT2D eigenvalue weighted by atomic mass is 10.0. The fourth-order valence-electron chi connectivity index (χ4n) is 1.30. The van der Waals surface area contributed by atoms with Crippen molar-refractivity contribution >= 4 is 11.8 Å². The van der Waals surface area contributed by atoms with Gasteiger partial charge in [-0.15, -0.1) is 0 Å². The predicted molar refractivity (Wildman–Crippen MR) is 59.4 cm³/mol. The molecule has 13 heavy (non-hydrogen) atoms. The molecule has 0 aromatic heterocycles. The Morgan fingerprint density at radius 3 is 2.69 bits per heavy atom. The van der Waals surface area contributed by atoms with E-state index >= 15 is 0 Å². The quantitative estimate of drug-likeness (QED) is 0.609. The van der Waals surface area contributed by atoms with Crippen LogP contribution in [0.25, 0.3) is 6.08 Å². The maximum atomic E-state index is 4.17. The average Bonchev–Trinajstić information content (AvgIpc) is 2.16. The second-order valence-electron chi connectivity index (χ2n) is 3.10. The summed E-state index contributed by atoms with van der Waals surface area (Å²) < 4.78 is 0. The minimum atomic E-state index is 1.05. The Labute approximate surface area is 79.8 Å². The lowest BCUT2D eigenvalue weighted by molar-refractivity contribution is 1.38. The molecule has 1 rings (SSSR count). The number of nitrogens with zero attached hydrogens (tertiary/aromatic N) is 1. The standard InChI is InChI=1S/C12H15N/c1-5-11-8-9(2)6-7-12(11)10(3)13-4/h5-8H,1H2,2-4H3. The van der Waals surface area contributed by atoms with E-state index in [0.29, 0.717) is 0 Å². The monoisotopic (exact) mass is 173 g/mol. The van der Waals surface area contributed by atoms with Crippen molar-refractivity contribution in [2.75, 3.05) is 7.05 Å². The van der Waals surface area contributed by atoms with Crippen LogP contribution in [0, 0.1) is 6.92 Å². The Hall–Kier alpha value is -1.37. The van der Waals surface area contributed by atoms with Gasteiger partial charge in [-0.3, -0.25) is 4.99 Å². The topological polar surface area (TPSA) is 12.4 Å². The summed E-state index contributed by atoms with van der Waals surface area (Å²) >= 11 is 0. The number of rotatable bonds is 2. The van der Waals surface area contributed by atoms with E-state index in [9.17, 15) is 0 Å². The van der Waals surface area contributed by atoms with Crippen LogP contribution in [0.3, 0.4) is 0 Å². The molecule has 0 fully saturated rings. The van der Waals surface area contributed by atoms with Gasteiger partial charge in [-0.05, 0) is 19.4 Å². The van der Waals surface area contributed by atoms with Gasteiger partial charge in [0.05, 0.1) is 0 Å². The zero-order chi connectivity index (χ0) is 9.84. The fraction of sp³-hybridized carbons (Fsp3) is 0.250. The van der Waals surface area contributed by atoms with Crippen LogP contribution >= 0.6 is 0 Å². The molecule has 1 nitrogen and oxygen atoms in total. The lowest BCUT2D eigenvalue weighted by Crippen LogP contribution is -1.97. The molecule has 0 saturated heterocycles. The van der Waals surface area contributed by atoms with Crippen LogP contribution in [0.2, 0.25) is 0 Å². The van der Waals surface area contributed by atoms with E-state index in [0.717, 1.165) is 11.3 Å². The van der Waals surface area contributed by atoms with Crippen LogP contribution in [0.1, 0.15) is 23.6 Å². The largest absolute Gasteiger partial charge is 0.293 e. The molecular formula is C12H15N. The van der Waals surface area contributed by atoms with Gasteiger partial charge in [0.15, 0.2) is 0 Å². The Balaban J connectivity index is 3.29.